The molecular formula is C14H8BrF4NO. The molecule has 0 spiro atoms. The fourth-order valence-corrected chi connectivity index (χ4v) is 2.10. The SMILES string of the molecule is O=C(Nc1cccc(C(F)(F)F)c1)c1cccc(F)c1Br. The van der Waals surface area contributed by atoms with Gasteiger partial charge in [-0.3, -0.25) is 4.79 Å². The Balaban J connectivity index is 2.26. The van der Waals surface area contributed by atoms with Gasteiger partial charge in [0.15, 0.2) is 0 Å². The number of amides is 1. The van der Waals surface area contributed by atoms with E-state index in [-0.39, 0.29) is 15.7 Å². The molecule has 0 aliphatic rings. The van der Waals surface area contributed by atoms with E-state index < -0.39 is 23.5 Å². The Morgan fingerprint density at radius 3 is 2.43 bits per heavy atom. The molecule has 0 fully saturated rings. The topological polar surface area (TPSA) is 29.1 Å². The second-order valence-corrected chi connectivity index (χ2v) is 4.93. The lowest BCUT2D eigenvalue weighted by Crippen LogP contribution is -2.14. The number of hydrogen-bond donors (Lipinski definition) is 1. The summed E-state index contributed by atoms with van der Waals surface area (Å²) in [6, 6.07) is 8.06. The van der Waals surface area contributed by atoms with E-state index in [0.29, 0.717) is 0 Å². The largest absolute Gasteiger partial charge is 0.416 e. The molecule has 0 aromatic heterocycles. The lowest BCUT2D eigenvalue weighted by Gasteiger charge is -2.10. The van der Waals surface area contributed by atoms with Gasteiger partial charge < -0.3 is 5.32 Å². The summed E-state index contributed by atoms with van der Waals surface area (Å²) in [7, 11) is 0. The van der Waals surface area contributed by atoms with Crippen molar-refractivity contribution >= 4 is 27.5 Å². The predicted molar refractivity (Wildman–Crippen MR) is 73.5 cm³/mol. The highest BCUT2D eigenvalue weighted by molar-refractivity contribution is 9.10. The molecule has 0 saturated carbocycles. The van der Waals surface area contributed by atoms with E-state index in [9.17, 15) is 22.4 Å². The summed E-state index contributed by atoms with van der Waals surface area (Å²) in [5.41, 5.74) is -0.906. The minimum atomic E-state index is -4.50. The zero-order valence-corrected chi connectivity index (χ0v) is 11.9. The summed E-state index contributed by atoms with van der Waals surface area (Å²) in [5, 5.41) is 2.30. The van der Waals surface area contributed by atoms with Crippen molar-refractivity contribution in [2.24, 2.45) is 0 Å². The third-order valence-corrected chi connectivity index (χ3v) is 3.45. The minimum Gasteiger partial charge on any atom is -0.322 e. The summed E-state index contributed by atoms with van der Waals surface area (Å²) < 4.78 is 51.0. The van der Waals surface area contributed by atoms with Crippen LogP contribution in [0.4, 0.5) is 23.2 Å². The van der Waals surface area contributed by atoms with Crippen molar-refractivity contribution in [2.75, 3.05) is 5.32 Å². The maximum absolute atomic E-state index is 13.3. The Morgan fingerprint density at radius 1 is 1.10 bits per heavy atom. The van der Waals surface area contributed by atoms with Gasteiger partial charge >= 0.3 is 6.18 Å². The minimum absolute atomic E-state index is 0.00703. The van der Waals surface area contributed by atoms with E-state index in [4.69, 9.17) is 0 Å². The molecule has 2 aromatic carbocycles. The quantitative estimate of drug-likeness (QED) is 0.760. The molecule has 110 valence electrons. The Bertz CT molecular complexity index is 685. The summed E-state index contributed by atoms with van der Waals surface area (Å²) in [6.07, 6.45) is -4.50. The third-order valence-electron chi connectivity index (χ3n) is 2.64. The van der Waals surface area contributed by atoms with Gasteiger partial charge in [-0.2, -0.15) is 13.2 Å². The number of carbonyl (C=O) groups excluding carboxylic acids is 1. The van der Waals surface area contributed by atoms with Crippen LogP contribution in [0.2, 0.25) is 0 Å². The van der Waals surface area contributed by atoms with Gasteiger partial charge in [0.2, 0.25) is 0 Å². The standard InChI is InChI=1S/C14H8BrF4NO/c15-12-10(5-2-6-11(12)16)13(21)20-9-4-1-3-8(7-9)14(17,18)19/h1-7H,(H,20,21). The van der Waals surface area contributed by atoms with Crippen LogP contribution in [0.25, 0.3) is 0 Å². The van der Waals surface area contributed by atoms with Crippen LogP contribution in [0.15, 0.2) is 46.9 Å². The summed E-state index contributed by atoms with van der Waals surface area (Å²) in [4.78, 5) is 12.0. The molecule has 0 radical (unpaired) electrons. The number of carbonyl (C=O) groups is 1. The Kier molecular flexibility index (Phi) is 4.32. The lowest BCUT2D eigenvalue weighted by atomic mass is 10.1. The normalized spacial score (nSPS) is 11.3. The first-order valence-electron chi connectivity index (χ1n) is 5.71. The number of anilines is 1. The molecule has 7 heteroatoms. The maximum Gasteiger partial charge on any atom is 0.416 e. The van der Waals surface area contributed by atoms with Crippen LogP contribution < -0.4 is 5.32 Å². The Morgan fingerprint density at radius 2 is 1.76 bits per heavy atom. The van der Waals surface area contributed by atoms with Gasteiger partial charge in [-0.05, 0) is 46.3 Å². The Hall–Kier alpha value is -1.89. The van der Waals surface area contributed by atoms with E-state index in [1.165, 1.54) is 24.3 Å². The fourth-order valence-electron chi connectivity index (χ4n) is 1.65. The molecule has 0 heterocycles. The van der Waals surface area contributed by atoms with Crippen molar-refractivity contribution in [3.8, 4) is 0 Å². The monoisotopic (exact) mass is 361 g/mol. The van der Waals surface area contributed by atoms with Crippen molar-refractivity contribution in [3.05, 3.63) is 63.9 Å². The van der Waals surface area contributed by atoms with E-state index in [1.54, 1.807) is 0 Å². The van der Waals surface area contributed by atoms with E-state index in [0.717, 1.165) is 18.2 Å². The average molecular weight is 362 g/mol. The number of benzene rings is 2. The lowest BCUT2D eigenvalue weighted by molar-refractivity contribution is -0.137. The summed E-state index contributed by atoms with van der Waals surface area (Å²) in [6.45, 7) is 0. The molecule has 1 amide bonds. The maximum atomic E-state index is 13.3. The van der Waals surface area contributed by atoms with Crippen molar-refractivity contribution in [1.82, 2.24) is 0 Å². The van der Waals surface area contributed by atoms with Crippen LogP contribution in [0, 0.1) is 5.82 Å². The van der Waals surface area contributed by atoms with Crippen LogP contribution in [-0.2, 0) is 6.18 Å². The smallest absolute Gasteiger partial charge is 0.322 e. The highest BCUT2D eigenvalue weighted by atomic mass is 79.9. The number of alkyl halides is 3. The summed E-state index contributed by atoms with van der Waals surface area (Å²) >= 11 is 2.92. The van der Waals surface area contributed by atoms with Gasteiger partial charge in [-0.15, -0.1) is 0 Å². The molecule has 2 nitrogen and oxygen atoms in total. The molecule has 0 aliphatic carbocycles. The van der Waals surface area contributed by atoms with Crippen molar-refractivity contribution < 1.29 is 22.4 Å². The molecular weight excluding hydrogens is 354 g/mol. The van der Waals surface area contributed by atoms with E-state index >= 15 is 0 Å². The van der Waals surface area contributed by atoms with Crippen molar-refractivity contribution in [1.29, 1.82) is 0 Å². The van der Waals surface area contributed by atoms with Crippen LogP contribution in [0.1, 0.15) is 15.9 Å². The van der Waals surface area contributed by atoms with E-state index in [1.807, 2.05) is 0 Å². The molecule has 0 unspecified atom stereocenters. The van der Waals surface area contributed by atoms with E-state index in [2.05, 4.69) is 21.2 Å². The second kappa shape index (κ2) is 5.85. The first-order chi connectivity index (χ1) is 9.79. The first kappa shape index (κ1) is 15.5. The molecule has 0 bridgehead atoms. The molecule has 0 atom stereocenters. The van der Waals surface area contributed by atoms with Crippen molar-refractivity contribution in [2.45, 2.75) is 6.18 Å². The molecule has 1 N–H and O–H groups in total. The third kappa shape index (κ3) is 3.60. The molecule has 0 aliphatic heterocycles. The number of nitrogens with one attached hydrogen (secondary N) is 1. The van der Waals surface area contributed by atoms with Gasteiger partial charge in [-0.25, -0.2) is 4.39 Å². The Labute approximate surface area is 125 Å². The first-order valence-corrected chi connectivity index (χ1v) is 6.51. The highest BCUT2D eigenvalue weighted by Crippen LogP contribution is 2.31. The van der Waals surface area contributed by atoms with Gasteiger partial charge in [0.05, 0.1) is 15.6 Å². The van der Waals surface area contributed by atoms with Crippen molar-refractivity contribution in [3.63, 3.8) is 0 Å². The van der Waals surface area contributed by atoms with Gasteiger partial charge in [0.25, 0.3) is 5.91 Å². The molecule has 2 aromatic rings. The van der Waals surface area contributed by atoms with Gasteiger partial charge in [-0.1, -0.05) is 12.1 Å². The zero-order chi connectivity index (χ0) is 15.6. The van der Waals surface area contributed by atoms with Gasteiger partial charge in [0.1, 0.15) is 5.82 Å². The predicted octanol–water partition coefficient (Wildman–Crippen LogP) is 4.86. The van der Waals surface area contributed by atoms with Crippen LogP contribution in [0.5, 0.6) is 0 Å². The molecule has 2 rings (SSSR count). The highest BCUT2D eigenvalue weighted by Gasteiger charge is 2.30. The van der Waals surface area contributed by atoms with Crippen LogP contribution in [-0.4, -0.2) is 5.91 Å². The van der Waals surface area contributed by atoms with Crippen LogP contribution in [0.3, 0.4) is 0 Å². The van der Waals surface area contributed by atoms with Crippen LogP contribution >= 0.6 is 15.9 Å². The van der Waals surface area contributed by atoms with Gasteiger partial charge in [0, 0.05) is 5.69 Å². The number of hydrogen-bond acceptors (Lipinski definition) is 1. The number of rotatable bonds is 2. The fraction of sp³-hybridized carbons (Fsp3) is 0.0714. The molecule has 0 saturated heterocycles. The summed E-state index contributed by atoms with van der Waals surface area (Å²) in [5.74, 6) is -1.34. The zero-order valence-electron chi connectivity index (χ0n) is 10.3. The second-order valence-electron chi connectivity index (χ2n) is 4.13. The number of halogens is 5. The molecule has 21 heavy (non-hydrogen) atoms. The average Bonchev–Trinajstić information content (AvgIpc) is 2.41.